The number of amides is 2. The summed E-state index contributed by atoms with van der Waals surface area (Å²) in [5.74, 6) is 1.04. The Balaban J connectivity index is 1.59. The smallest absolute Gasteiger partial charge is 0.243 e. The fourth-order valence-electron chi connectivity index (χ4n) is 3.31. The van der Waals surface area contributed by atoms with Crippen LogP contribution in [0, 0.1) is 0 Å². The van der Waals surface area contributed by atoms with Crippen molar-refractivity contribution in [2.75, 3.05) is 13.7 Å². The topological polar surface area (TPSA) is 80.8 Å². The van der Waals surface area contributed by atoms with Crippen molar-refractivity contribution in [1.82, 2.24) is 15.2 Å². The SMILES string of the molecule is COc1cc(CNC(=O)[C@H]2CCCN2C(C)=O)ccc1OCc1cccnc1. The van der Waals surface area contributed by atoms with Gasteiger partial charge in [-0.3, -0.25) is 14.6 Å². The van der Waals surface area contributed by atoms with Gasteiger partial charge in [-0.15, -0.1) is 0 Å². The van der Waals surface area contributed by atoms with Crippen LogP contribution < -0.4 is 14.8 Å². The summed E-state index contributed by atoms with van der Waals surface area (Å²) in [5.41, 5.74) is 1.86. The van der Waals surface area contributed by atoms with Crippen molar-refractivity contribution in [2.45, 2.75) is 39.0 Å². The second kappa shape index (κ2) is 9.21. The molecule has 0 radical (unpaired) electrons. The number of hydrogen-bond donors (Lipinski definition) is 1. The molecule has 1 aromatic heterocycles. The molecule has 3 rings (SSSR count). The van der Waals surface area contributed by atoms with Crippen LogP contribution in [0.1, 0.15) is 30.9 Å². The van der Waals surface area contributed by atoms with E-state index in [1.807, 2.05) is 30.3 Å². The molecule has 1 aliphatic rings. The van der Waals surface area contributed by atoms with Crippen LogP contribution in [-0.2, 0) is 22.7 Å². The van der Waals surface area contributed by atoms with Crippen molar-refractivity contribution in [3.8, 4) is 11.5 Å². The first-order valence-corrected chi connectivity index (χ1v) is 9.32. The molecule has 0 aliphatic carbocycles. The average Bonchev–Trinajstić information content (AvgIpc) is 3.22. The van der Waals surface area contributed by atoms with Gasteiger partial charge in [-0.25, -0.2) is 0 Å². The molecule has 0 unspecified atom stereocenters. The first-order chi connectivity index (χ1) is 13.6. The molecular weight excluding hydrogens is 358 g/mol. The van der Waals surface area contributed by atoms with E-state index >= 15 is 0 Å². The molecule has 1 aliphatic heterocycles. The van der Waals surface area contributed by atoms with Crippen molar-refractivity contribution in [3.63, 3.8) is 0 Å². The third-order valence-corrected chi connectivity index (χ3v) is 4.77. The van der Waals surface area contributed by atoms with Gasteiger partial charge < -0.3 is 19.7 Å². The Bertz CT molecular complexity index is 826. The highest BCUT2D eigenvalue weighted by molar-refractivity contribution is 5.87. The number of ether oxygens (including phenoxy) is 2. The summed E-state index contributed by atoms with van der Waals surface area (Å²) in [6.45, 7) is 2.90. The minimum Gasteiger partial charge on any atom is -0.493 e. The summed E-state index contributed by atoms with van der Waals surface area (Å²) >= 11 is 0. The zero-order chi connectivity index (χ0) is 19.9. The maximum absolute atomic E-state index is 12.4. The second-order valence-electron chi connectivity index (χ2n) is 6.72. The highest BCUT2D eigenvalue weighted by atomic mass is 16.5. The molecule has 7 heteroatoms. The number of carbonyl (C=O) groups is 2. The first-order valence-electron chi connectivity index (χ1n) is 9.32. The summed E-state index contributed by atoms with van der Waals surface area (Å²) < 4.78 is 11.2. The van der Waals surface area contributed by atoms with Crippen molar-refractivity contribution >= 4 is 11.8 Å². The zero-order valence-corrected chi connectivity index (χ0v) is 16.2. The van der Waals surface area contributed by atoms with Crippen LogP contribution >= 0.6 is 0 Å². The molecule has 0 saturated carbocycles. The van der Waals surface area contributed by atoms with Gasteiger partial charge in [0.2, 0.25) is 11.8 Å². The number of carbonyl (C=O) groups excluding carboxylic acids is 2. The molecule has 28 heavy (non-hydrogen) atoms. The van der Waals surface area contributed by atoms with Gasteiger partial charge >= 0.3 is 0 Å². The molecule has 1 aromatic carbocycles. The molecule has 1 N–H and O–H groups in total. The lowest BCUT2D eigenvalue weighted by atomic mass is 10.1. The van der Waals surface area contributed by atoms with E-state index in [1.54, 1.807) is 24.4 Å². The molecule has 148 valence electrons. The number of benzene rings is 1. The normalized spacial score (nSPS) is 15.9. The van der Waals surface area contributed by atoms with Crippen molar-refractivity contribution in [1.29, 1.82) is 0 Å². The number of nitrogens with one attached hydrogen (secondary N) is 1. The molecule has 2 aromatic rings. The van der Waals surface area contributed by atoms with E-state index in [9.17, 15) is 9.59 Å². The first kappa shape index (κ1) is 19.7. The number of nitrogens with zero attached hydrogens (tertiary/aromatic N) is 2. The van der Waals surface area contributed by atoms with Crippen molar-refractivity contribution < 1.29 is 19.1 Å². The quantitative estimate of drug-likeness (QED) is 0.793. The monoisotopic (exact) mass is 383 g/mol. The lowest BCUT2D eigenvalue weighted by Crippen LogP contribution is -2.44. The highest BCUT2D eigenvalue weighted by Gasteiger charge is 2.32. The maximum atomic E-state index is 12.4. The van der Waals surface area contributed by atoms with Gasteiger partial charge in [0, 0.05) is 38.0 Å². The zero-order valence-electron chi connectivity index (χ0n) is 16.2. The van der Waals surface area contributed by atoms with E-state index in [0.29, 0.717) is 37.6 Å². The van der Waals surface area contributed by atoms with Crippen molar-refractivity contribution in [3.05, 3.63) is 53.9 Å². The van der Waals surface area contributed by atoms with Crippen LogP contribution in [-0.4, -0.2) is 41.4 Å². The van der Waals surface area contributed by atoms with Gasteiger partial charge in [0.25, 0.3) is 0 Å². The van der Waals surface area contributed by atoms with E-state index in [1.165, 1.54) is 6.92 Å². The van der Waals surface area contributed by atoms with E-state index in [0.717, 1.165) is 17.5 Å². The minimum atomic E-state index is -0.374. The van der Waals surface area contributed by atoms with Crippen LogP contribution in [0.5, 0.6) is 11.5 Å². The van der Waals surface area contributed by atoms with Gasteiger partial charge in [-0.05, 0) is 36.6 Å². The lowest BCUT2D eigenvalue weighted by Gasteiger charge is -2.22. The van der Waals surface area contributed by atoms with Crippen LogP contribution in [0.2, 0.25) is 0 Å². The molecule has 0 spiro atoms. The van der Waals surface area contributed by atoms with E-state index < -0.39 is 0 Å². The molecule has 2 amide bonds. The van der Waals surface area contributed by atoms with Crippen molar-refractivity contribution in [2.24, 2.45) is 0 Å². The van der Waals surface area contributed by atoms with Crippen LogP contribution in [0.15, 0.2) is 42.7 Å². The molecule has 1 fully saturated rings. The summed E-state index contributed by atoms with van der Waals surface area (Å²) in [6.07, 6.45) is 5.03. The number of aromatic nitrogens is 1. The molecule has 1 atom stereocenters. The van der Waals surface area contributed by atoms with Gasteiger partial charge in [0.15, 0.2) is 11.5 Å². The maximum Gasteiger partial charge on any atom is 0.243 e. The van der Waals surface area contributed by atoms with E-state index in [4.69, 9.17) is 9.47 Å². The van der Waals surface area contributed by atoms with Gasteiger partial charge in [-0.1, -0.05) is 12.1 Å². The van der Waals surface area contributed by atoms with Gasteiger partial charge in [-0.2, -0.15) is 0 Å². The molecule has 0 bridgehead atoms. The number of hydrogen-bond acceptors (Lipinski definition) is 5. The third kappa shape index (κ3) is 4.79. The Morgan fingerprint density at radius 2 is 2.11 bits per heavy atom. The third-order valence-electron chi connectivity index (χ3n) is 4.77. The Labute approximate surface area is 164 Å². The molecular formula is C21H25N3O4. The number of likely N-dealkylation sites (tertiary alicyclic amines) is 1. The number of pyridine rings is 1. The number of rotatable bonds is 7. The molecule has 1 saturated heterocycles. The predicted molar refractivity (Wildman–Crippen MR) is 104 cm³/mol. The Kier molecular flexibility index (Phi) is 6.47. The number of methoxy groups -OCH3 is 1. The summed E-state index contributed by atoms with van der Waals surface area (Å²) in [6, 6.07) is 8.99. The van der Waals surface area contributed by atoms with E-state index in [-0.39, 0.29) is 17.9 Å². The highest BCUT2D eigenvalue weighted by Crippen LogP contribution is 2.29. The fraction of sp³-hybridized carbons (Fsp3) is 0.381. The Morgan fingerprint density at radius 3 is 2.82 bits per heavy atom. The Morgan fingerprint density at radius 1 is 1.25 bits per heavy atom. The summed E-state index contributed by atoms with van der Waals surface area (Å²) in [4.78, 5) is 29.8. The van der Waals surface area contributed by atoms with Crippen LogP contribution in [0.3, 0.4) is 0 Å². The van der Waals surface area contributed by atoms with Gasteiger partial charge in [0.1, 0.15) is 12.6 Å². The van der Waals surface area contributed by atoms with Crippen LogP contribution in [0.4, 0.5) is 0 Å². The minimum absolute atomic E-state index is 0.0607. The summed E-state index contributed by atoms with van der Waals surface area (Å²) in [5, 5.41) is 2.92. The second-order valence-corrected chi connectivity index (χ2v) is 6.72. The predicted octanol–water partition coefficient (Wildman–Crippen LogP) is 2.30. The fourth-order valence-corrected chi connectivity index (χ4v) is 3.31. The lowest BCUT2D eigenvalue weighted by molar-refractivity contribution is -0.136. The standard InChI is InChI=1S/C21H25N3O4/c1-15(25)24-10-4-6-18(24)21(26)23-13-16-7-8-19(20(11-16)27-2)28-14-17-5-3-9-22-12-17/h3,5,7-9,11-12,18H,4,6,10,13-14H2,1-2H3,(H,23,26)/t18-/m1/s1. The van der Waals surface area contributed by atoms with E-state index in [2.05, 4.69) is 10.3 Å². The Hall–Kier alpha value is -3.09. The average molecular weight is 383 g/mol. The van der Waals surface area contributed by atoms with Crippen LogP contribution in [0.25, 0.3) is 0 Å². The van der Waals surface area contributed by atoms with Gasteiger partial charge in [0.05, 0.1) is 7.11 Å². The molecule has 2 heterocycles. The molecule has 7 nitrogen and oxygen atoms in total. The largest absolute Gasteiger partial charge is 0.493 e. The summed E-state index contributed by atoms with van der Waals surface area (Å²) in [7, 11) is 1.58.